The minimum atomic E-state index is -0.826. The second-order valence-electron chi connectivity index (χ2n) is 11.8. The Morgan fingerprint density at radius 3 is 2.31 bits per heavy atom. The van der Waals surface area contributed by atoms with Gasteiger partial charge in [-0.25, -0.2) is 4.79 Å². The minimum Gasteiger partial charge on any atom is -0.369 e. The molecule has 2 aromatic rings. The first-order valence-corrected chi connectivity index (χ1v) is 15.6. The van der Waals surface area contributed by atoms with Crippen LogP contribution in [0.15, 0.2) is 48.5 Å². The zero-order valence-electron chi connectivity index (χ0n) is 26.7. The van der Waals surface area contributed by atoms with E-state index in [0.717, 1.165) is 31.4 Å². The number of aryl methyl sites for hydroxylation is 1. The lowest BCUT2D eigenvalue weighted by Crippen LogP contribution is -2.56. The Hall–Kier alpha value is -4.45. The number of carbonyl (C=O) groups is 5. The molecule has 1 fully saturated rings. The molecule has 45 heavy (non-hydrogen) atoms. The first-order chi connectivity index (χ1) is 21.4. The Morgan fingerprint density at radius 1 is 0.933 bits per heavy atom. The third-order valence-electron chi connectivity index (χ3n) is 8.02. The van der Waals surface area contributed by atoms with Gasteiger partial charge in [-0.2, -0.15) is 0 Å². The van der Waals surface area contributed by atoms with E-state index in [1.54, 1.807) is 31.2 Å². The normalized spacial score (nSPS) is 17.1. The van der Waals surface area contributed by atoms with Crippen LogP contribution in [0.1, 0.15) is 57.6 Å². The van der Waals surface area contributed by atoms with Crippen LogP contribution in [0.5, 0.6) is 0 Å². The highest BCUT2D eigenvalue weighted by molar-refractivity contribution is 6.00. The van der Waals surface area contributed by atoms with Gasteiger partial charge in [-0.15, -0.1) is 0 Å². The smallest absolute Gasteiger partial charge is 0.323 e. The summed E-state index contributed by atoms with van der Waals surface area (Å²) in [6, 6.07) is 12.2. The molecule has 0 radical (unpaired) electrons. The van der Waals surface area contributed by atoms with Crippen molar-refractivity contribution < 1.29 is 24.0 Å². The SMILES string of the molecule is CCC(C)[C@H](NC(=O)Cc1ccc(NC(=O)Nc2ccccc2C)cc1)C(=O)N[C@@H](C)C(=O)N[C@H]1CCCCN(CC(N)=O)C1. The highest BCUT2D eigenvalue weighted by Crippen LogP contribution is 2.16. The van der Waals surface area contributed by atoms with E-state index in [9.17, 15) is 24.0 Å². The predicted molar refractivity (Wildman–Crippen MR) is 174 cm³/mol. The van der Waals surface area contributed by atoms with Gasteiger partial charge in [0.25, 0.3) is 0 Å². The van der Waals surface area contributed by atoms with E-state index >= 15 is 0 Å². The number of amides is 6. The molecular formula is C33H47N7O5. The van der Waals surface area contributed by atoms with Gasteiger partial charge in [0.2, 0.25) is 23.6 Å². The number of benzene rings is 2. The number of rotatable bonds is 13. The number of anilines is 2. The minimum absolute atomic E-state index is 0.0371. The quantitative estimate of drug-likeness (QED) is 0.201. The summed E-state index contributed by atoms with van der Waals surface area (Å²) < 4.78 is 0. The van der Waals surface area contributed by atoms with Crippen LogP contribution in [-0.4, -0.2) is 72.3 Å². The molecule has 0 aliphatic carbocycles. The Balaban J connectivity index is 1.51. The van der Waals surface area contributed by atoms with Gasteiger partial charge in [0.15, 0.2) is 0 Å². The summed E-state index contributed by atoms with van der Waals surface area (Å²) in [5, 5.41) is 14.2. The van der Waals surface area contributed by atoms with E-state index in [1.165, 1.54) is 0 Å². The lowest BCUT2D eigenvalue weighted by Gasteiger charge is -2.27. The third-order valence-corrected chi connectivity index (χ3v) is 8.02. The average Bonchev–Trinajstić information content (AvgIpc) is 3.21. The van der Waals surface area contributed by atoms with Gasteiger partial charge >= 0.3 is 6.03 Å². The summed E-state index contributed by atoms with van der Waals surface area (Å²) in [5.41, 5.74) is 8.29. The number of urea groups is 1. The molecule has 0 bridgehead atoms. The second kappa shape index (κ2) is 17.1. The molecule has 2 aromatic carbocycles. The van der Waals surface area contributed by atoms with Gasteiger partial charge in [0.1, 0.15) is 12.1 Å². The number of hydrogen-bond acceptors (Lipinski definition) is 6. The Labute approximate surface area is 265 Å². The Morgan fingerprint density at radius 2 is 1.64 bits per heavy atom. The van der Waals surface area contributed by atoms with Crippen molar-refractivity contribution >= 4 is 41.0 Å². The molecule has 0 aromatic heterocycles. The number of primary amides is 1. The van der Waals surface area contributed by atoms with E-state index in [-0.39, 0.29) is 42.8 Å². The number of para-hydroxylation sites is 1. The third kappa shape index (κ3) is 11.5. The van der Waals surface area contributed by atoms with Gasteiger partial charge in [-0.3, -0.25) is 24.1 Å². The molecule has 7 N–H and O–H groups in total. The van der Waals surface area contributed by atoms with Gasteiger partial charge < -0.3 is 32.3 Å². The molecular weight excluding hydrogens is 574 g/mol. The van der Waals surface area contributed by atoms with Crippen LogP contribution in [0.4, 0.5) is 16.2 Å². The van der Waals surface area contributed by atoms with Crippen molar-refractivity contribution in [2.24, 2.45) is 11.7 Å². The number of nitrogens with one attached hydrogen (secondary N) is 5. The molecule has 4 atom stereocenters. The molecule has 12 nitrogen and oxygen atoms in total. The molecule has 0 saturated carbocycles. The van der Waals surface area contributed by atoms with Crippen LogP contribution < -0.4 is 32.3 Å². The molecule has 1 aliphatic heterocycles. The first kappa shape index (κ1) is 35.0. The monoisotopic (exact) mass is 621 g/mol. The average molecular weight is 622 g/mol. The van der Waals surface area contributed by atoms with E-state index in [2.05, 4.69) is 26.6 Å². The van der Waals surface area contributed by atoms with Crippen LogP contribution in [-0.2, 0) is 25.6 Å². The largest absolute Gasteiger partial charge is 0.369 e. The van der Waals surface area contributed by atoms with Crippen LogP contribution in [0.25, 0.3) is 0 Å². The first-order valence-electron chi connectivity index (χ1n) is 15.6. The maximum Gasteiger partial charge on any atom is 0.323 e. The van der Waals surface area contributed by atoms with Gasteiger partial charge in [-0.1, -0.05) is 57.0 Å². The molecule has 1 saturated heterocycles. The maximum atomic E-state index is 13.3. The summed E-state index contributed by atoms with van der Waals surface area (Å²) in [6.07, 6.45) is 3.27. The zero-order valence-corrected chi connectivity index (χ0v) is 26.7. The van der Waals surface area contributed by atoms with Crippen LogP contribution in [0.3, 0.4) is 0 Å². The Kier molecular flexibility index (Phi) is 13.3. The molecule has 1 aliphatic rings. The van der Waals surface area contributed by atoms with E-state index in [0.29, 0.717) is 29.9 Å². The van der Waals surface area contributed by atoms with Crippen molar-refractivity contribution in [3.63, 3.8) is 0 Å². The van der Waals surface area contributed by atoms with Gasteiger partial charge in [0, 0.05) is 24.0 Å². The zero-order chi connectivity index (χ0) is 32.9. The number of carbonyl (C=O) groups excluding carboxylic acids is 5. The maximum absolute atomic E-state index is 13.3. The van der Waals surface area contributed by atoms with Crippen molar-refractivity contribution in [3.8, 4) is 0 Å². The van der Waals surface area contributed by atoms with Crippen molar-refractivity contribution in [2.75, 3.05) is 30.3 Å². The fraction of sp³-hybridized carbons (Fsp3) is 0.485. The standard InChI is InChI=1S/C33H47N7O5/c1-5-21(2)30(32(44)35-23(4)31(43)36-26-11-8-9-17-40(19-26)20-28(34)41)39-29(42)18-24-13-15-25(16-14-24)37-33(45)38-27-12-7-6-10-22(27)3/h6-7,10,12-16,21,23,26,30H,5,8-9,11,17-20H2,1-4H3,(H2,34,41)(H,35,44)(H,36,43)(H,39,42)(H2,37,38,45)/t21?,23-,26-,30-/m0/s1. The highest BCUT2D eigenvalue weighted by Gasteiger charge is 2.29. The highest BCUT2D eigenvalue weighted by atomic mass is 16.2. The molecule has 1 heterocycles. The molecule has 0 spiro atoms. The number of likely N-dealkylation sites (tertiary alicyclic amines) is 1. The van der Waals surface area contributed by atoms with Gasteiger partial charge in [-0.05, 0) is 68.5 Å². The molecule has 3 rings (SSSR count). The molecule has 6 amide bonds. The van der Waals surface area contributed by atoms with E-state index < -0.39 is 23.9 Å². The molecule has 1 unspecified atom stereocenters. The summed E-state index contributed by atoms with van der Waals surface area (Å²) >= 11 is 0. The summed E-state index contributed by atoms with van der Waals surface area (Å²) in [4.78, 5) is 64.9. The lowest BCUT2D eigenvalue weighted by molar-refractivity contribution is -0.133. The topological polar surface area (TPSA) is 175 Å². The fourth-order valence-corrected chi connectivity index (χ4v) is 5.21. The number of nitrogens with zero attached hydrogens (tertiary/aromatic N) is 1. The van der Waals surface area contributed by atoms with Crippen LogP contribution in [0, 0.1) is 12.8 Å². The predicted octanol–water partition coefficient (Wildman–Crippen LogP) is 2.67. The second-order valence-corrected chi connectivity index (χ2v) is 11.8. The lowest BCUT2D eigenvalue weighted by atomic mass is 9.97. The fourth-order valence-electron chi connectivity index (χ4n) is 5.21. The van der Waals surface area contributed by atoms with Gasteiger partial charge in [0.05, 0.1) is 13.0 Å². The van der Waals surface area contributed by atoms with E-state index in [4.69, 9.17) is 5.73 Å². The summed E-state index contributed by atoms with van der Waals surface area (Å²) in [6.45, 7) is 8.71. The molecule has 12 heteroatoms. The summed E-state index contributed by atoms with van der Waals surface area (Å²) in [7, 11) is 0. The van der Waals surface area contributed by atoms with E-state index in [1.807, 2.05) is 49.9 Å². The van der Waals surface area contributed by atoms with Crippen molar-refractivity contribution in [3.05, 3.63) is 59.7 Å². The van der Waals surface area contributed by atoms with Crippen molar-refractivity contribution in [2.45, 2.75) is 77.9 Å². The van der Waals surface area contributed by atoms with Crippen LogP contribution in [0.2, 0.25) is 0 Å². The van der Waals surface area contributed by atoms with Crippen molar-refractivity contribution in [1.82, 2.24) is 20.9 Å². The Bertz CT molecular complexity index is 1330. The van der Waals surface area contributed by atoms with Crippen LogP contribution >= 0.6 is 0 Å². The number of hydrogen-bond donors (Lipinski definition) is 6. The number of nitrogens with two attached hydrogens (primary N) is 1. The molecule has 244 valence electrons. The summed E-state index contributed by atoms with van der Waals surface area (Å²) in [5.74, 6) is -1.68. The van der Waals surface area contributed by atoms with Crippen molar-refractivity contribution in [1.29, 1.82) is 0 Å².